The number of fused-ring (bicyclic) bond motifs is 1. The highest BCUT2D eigenvalue weighted by Gasteiger charge is 2.43. The van der Waals surface area contributed by atoms with E-state index in [1.54, 1.807) is 24.5 Å². The largest absolute Gasteiger partial charge is 0.497 e. The van der Waals surface area contributed by atoms with E-state index in [1.807, 2.05) is 81.4 Å². The van der Waals surface area contributed by atoms with Gasteiger partial charge in [0.15, 0.2) is 6.29 Å². The molecule has 3 aromatic rings. The monoisotopic (exact) mass is 751 g/mol. The number of amides is 2. The topological polar surface area (TPSA) is 182 Å². The first kappa shape index (κ1) is 40.8. The van der Waals surface area contributed by atoms with E-state index in [9.17, 15) is 19.8 Å². The SMILES string of the molecule is COC(=O)N[C@H](C(=O)NN(Cc1ccc(OCc2cccnc2)cc1)C[C@H](O)[C@H](Cc1ccc(OC)cc1)NC(O)O[C@H]1CO[C@H]2OCC[C@H]21)C(C)(C)C. The van der Waals surface area contributed by atoms with Crippen LogP contribution in [0.5, 0.6) is 11.5 Å². The van der Waals surface area contributed by atoms with Gasteiger partial charge >= 0.3 is 6.09 Å². The molecule has 1 aromatic heterocycles. The van der Waals surface area contributed by atoms with Crippen molar-refractivity contribution in [2.45, 2.75) is 83.8 Å². The highest BCUT2D eigenvalue weighted by Crippen LogP contribution is 2.33. The van der Waals surface area contributed by atoms with Gasteiger partial charge in [-0.25, -0.2) is 9.80 Å². The molecule has 5 rings (SSSR count). The number of hydrazine groups is 1. The molecular weight excluding hydrogens is 698 g/mol. The zero-order valence-electron chi connectivity index (χ0n) is 31.5. The standard InChI is InChI=1S/C39H53N5O10/c1-39(2,3)34(42-37(47)50-5)35(46)43-44(21-26-10-14-29(15-11-26)52-23-27-7-6-17-40-20-27)22-32(45)31(19-25-8-12-28(49-4)13-9-25)41-38(48)54-33-24-53-36-30(33)16-18-51-36/h6-15,17,20,30-34,36,38,41,45,48H,16,18-19,21-24H2,1-5H3,(H,42,47)(H,43,46)/t30-,31-,32-,33-,34+,36+,38?/m0/s1. The van der Waals surface area contributed by atoms with Crippen molar-refractivity contribution in [1.82, 2.24) is 26.1 Å². The molecule has 294 valence electrons. The Morgan fingerprint density at radius 1 is 0.981 bits per heavy atom. The van der Waals surface area contributed by atoms with Gasteiger partial charge in [-0.05, 0) is 59.7 Å². The molecule has 5 N–H and O–H groups in total. The second-order valence-electron chi connectivity index (χ2n) is 14.5. The van der Waals surface area contributed by atoms with Crippen LogP contribution in [0.25, 0.3) is 0 Å². The first-order valence-corrected chi connectivity index (χ1v) is 18.1. The molecule has 2 saturated heterocycles. The first-order chi connectivity index (χ1) is 25.9. The fraction of sp³-hybridized carbons (Fsp3) is 0.513. The van der Waals surface area contributed by atoms with Crippen LogP contribution >= 0.6 is 0 Å². The maximum Gasteiger partial charge on any atom is 0.407 e. The summed E-state index contributed by atoms with van der Waals surface area (Å²) in [6, 6.07) is 16.8. The summed E-state index contributed by atoms with van der Waals surface area (Å²) in [5.74, 6) is 0.819. The molecule has 54 heavy (non-hydrogen) atoms. The minimum Gasteiger partial charge on any atom is -0.497 e. The number of ether oxygens (including phenoxy) is 6. The number of benzene rings is 2. The zero-order chi connectivity index (χ0) is 38.7. The highest BCUT2D eigenvalue weighted by atomic mass is 16.7. The van der Waals surface area contributed by atoms with Crippen molar-refractivity contribution in [3.63, 3.8) is 0 Å². The molecule has 0 bridgehead atoms. The molecule has 2 fully saturated rings. The van der Waals surface area contributed by atoms with Crippen LogP contribution < -0.4 is 25.5 Å². The number of aliphatic hydroxyl groups is 2. The molecule has 0 radical (unpaired) electrons. The second-order valence-corrected chi connectivity index (χ2v) is 14.5. The first-order valence-electron chi connectivity index (χ1n) is 18.1. The van der Waals surface area contributed by atoms with E-state index in [1.165, 1.54) is 7.11 Å². The number of nitrogens with one attached hydrogen (secondary N) is 3. The third-order valence-corrected chi connectivity index (χ3v) is 9.40. The molecule has 0 aliphatic carbocycles. The second kappa shape index (κ2) is 19.3. The summed E-state index contributed by atoms with van der Waals surface area (Å²) >= 11 is 0. The van der Waals surface area contributed by atoms with E-state index in [0.29, 0.717) is 31.1 Å². The Bertz CT molecular complexity index is 1610. The van der Waals surface area contributed by atoms with Crippen LogP contribution in [0, 0.1) is 11.3 Å². The predicted molar refractivity (Wildman–Crippen MR) is 197 cm³/mol. The van der Waals surface area contributed by atoms with Crippen LogP contribution in [0.4, 0.5) is 4.79 Å². The van der Waals surface area contributed by atoms with Gasteiger partial charge in [0, 0.05) is 43.0 Å². The summed E-state index contributed by atoms with van der Waals surface area (Å²) in [6.45, 7) is 6.76. The summed E-state index contributed by atoms with van der Waals surface area (Å²) < 4.78 is 33.3. The van der Waals surface area contributed by atoms with Gasteiger partial charge in [0.2, 0.25) is 6.41 Å². The van der Waals surface area contributed by atoms with Gasteiger partial charge in [0.1, 0.15) is 24.1 Å². The number of hydrogen-bond acceptors (Lipinski definition) is 13. The van der Waals surface area contributed by atoms with Gasteiger partial charge in [-0.3, -0.25) is 20.5 Å². The molecule has 15 heteroatoms. The summed E-state index contributed by atoms with van der Waals surface area (Å²) in [7, 11) is 2.81. The number of aromatic nitrogens is 1. The van der Waals surface area contributed by atoms with Gasteiger partial charge in [0.25, 0.3) is 5.91 Å². The van der Waals surface area contributed by atoms with Crippen LogP contribution in [0.3, 0.4) is 0 Å². The molecule has 1 unspecified atom stereocenters. The molecule has 15 nitrogen and oxygen atoms in total. The molecule has 2 amide bonds. The summed E-state index contributed by atoms with van der Waals surface area (Å²) in [4.78, 5) is 30.2. The van der Waals surface area contributed by atoms with Crippen molar-refractivity contribution in [2.75, 3.05) is 34.0 Å². The van der Waals surface area contributed by atoms with Crippen molar-refractivity contribution >= 4 is 12.0 Å². The van der Waals surface area contributed by atoms with Gasteiger partial charge in [-0.1, -0.05) is 51.1 Å². The van der Waals surface area contributed by atoms with E-state index >= 15 is 0 Å². The maximum absolute atomic E-state index is 13.8. The van der Waals surface area contributed by atoms with Crippen LogP contribution in [0.2, 0.25) is 0 Å². The van der Waals surface area contributed by atoms with Gasteiger partial charge in [-0.15, -0.1) is 0 Å². The summed E-state index contributed by atoms with van der Waals surface area (Å²) in [6.07, 6.45) is 0.408. The Balaban J connectivity index is 1.34. The number of rotatable bonds is 18. The van der Waals surface area contributed by atoms with Crippen molar-refractivity contribution in [3.05, 3.63) is 89.7 Å². The van der Waals surface area contributed by atoms with E-state index in [-0.39, 0.29) is 38.0 Å². The highest BCUT2D eigenvalue weighted by molar-refractivity contribution is 5.86. The Morgan fingerprint density at radius 2 is 1.70 bits per heavy atom. The minimum atomic E-state index is -1.44. The number of methoxy groups -OCH3 is 2. The molecule has 0 spiro atoms. The Labute approximate surface area is 316 Å². The number of carbonyl (C=O) groups excluding carboxylic acids is 2. The minimum absolute atomic E-state index is 0.00128. The summed E-state index contributed by atoms with van der Waals surface area (Å²) in [5, 5.41) is 30.3. The molecular formula is C39H53N5O10. The molecule has 2 aliphatic heterocycles. The molecule has 7 atom stereocenters. The number of aliphatic hydroxyl groups excluding tert-OH is 2. The molecule has 2 aliphatic rings. The smallest absolute Gasteiger partial charge is 0.407 e. The van der Waals surface area contributed by atoms with Gasteiger partial charge in [0.05, 0.1) is 39.6 Å². The lowest BCUT2D eigenvalue weighted by molar-refractivity contribution is -0.171. The fourth-order valence-corrected chi connectivity index (χ4v) is 6.41. The number of carbonyl (C=O) groups is 2. The van der Waals surface area contributed by atoms with Crippen LogP contribution in [0.1, 0.15) is 43.9 Å². The van der Waals surface area contributed by atoms with Gasteiger partial charge < -0.3 is 44.0 Å². The van der Waals surface area contributed by atoms with Gasteiger partial charge in [-0.2, -0.15) is 0 Å². The van der Waals surface area contributed by atoms with Crippen LogP contribution in [-0.2, 0) is 43.3 Å². The average Bonchev–Trinajstić information content (AvgIpc) is 3.78. The number of alkyl carbamates (subject to hydrolysis) is 1. The Hall–Kier alpha value is -4.35. The third kappa shape index (κ3) is 11.8. The molecule has 2 aromatic carbocycles. The third-order valence-electron chi connectivity index (χ3n) is 9.40. The lowest BCUT2D eigenvalue weighted by atomic mass is 9.86. The Kier molecular flexibility index (Phi) is 14.6. The maximum atomic E-state index is 13.8. The van der Waals surface area contributed by atoms with Crippen molar-refractivity contribution in [3.8, 4) is 11.5 Å². The van der Waals surface area contributed by atoms with Crippen LogP contribution in [-0.4, -0.2) is 103 Å². The van der Waals surface area contributed by atoms with Crippen molar-refractivity contribution in [2.24, 2.45) is 11.3 Å². The van der Waals surface area contributed by atoms with E-state index < -0.39 is 42.0 Å². The molecule has 3 heterocycles. The number of nitrogens with zero attached hydrogens (tertiary/aromatic N) is 2. The molecule has 0 saturated carbocycles. The summed E-state index contributed by atoms with van der Waals surface area (Å²) in [5.41, 5.74) is 4.83. The predicted octanol–water partition coefficient (Wildman–Crippen LogP) is 2.89. The van der Waals surface area contributed by atoms with Crippen molar-refractivity contribution < 1.29 is 48.2 Å². The number of hydrogen-bond donors (Lipinski definition) is 5. The lowest BCUT2D eigenvalue weighted by Crippen LogP contribution is -2.59. The average molecular weight is 752 g/mol. The quantitative estimate of drug-likeness (QED) is 0.0947. The van der Waals surface area contributed by atoms with E-state index in [0.717, 1.165) is 23.1 Å². The fourth-order valence-electron chi connectivity index (χ4n) is 6.41. The lowest BCUT2D eigenvalue weighted by Gasteiger charge is -2.35. The Morgan fingerprint density at radius 3 is 2.37 bits per heavy atom. The van der Waals surface area contributed by atoms with E-state index in [2.05, 4.69) is 21.0 Å². The van der Waals surface area contributed by atoms with E-state index in [4.69, 9.17) is 28.4 Å². The number of pyridine rings is 1. The van der Waals surface area contributed by atoms with Crippen molar-refractivity contribution in [1.29, 1.82) is 0 Å². The van der Waals surface area contributed by atoms with Crippen LogP contribution in [0.15, 0.2) is 73.1 Å². The zero-order valence-corrected chi connectivity index (χ0v) is 31.5. The normalized spacial score (nSPS) is 20.4.